The Bertz CT molecular complexity index is 590. The molecule has 1 aromatic carbocycles. The van der Waals surface area contributed by atoms with E-state index < -0.39 is 17.6 Å². The minimum Gasteiger partial charge on any atom is -0.362 e. The third-order valence-corrected chi connectivity index (χ3v) is 3.64. The zero-order valence-corrected chi connectivity index (χ0v) is 9.98. The molecule has 2 aliphatic rings. The van der Waals surface area contributed by atoms with Gasteiger partial charge >= 0.3 is 0 Å². The van der Waals surface area contributed by atoms with Crippen molar-refractivity contribution in [2.24, 2.45) is 11.8 Å². The van der Waals surface area contributed by atoms with Gasteiger partial charge in [0.2, 0.25) is 0 Å². The number of aliphatic hydroxyl groups is 2. The molecule has 4 nitrogen and oxygen atoms in total. The molecule has 0 aliphatic heterocycles. The van der Waals surface area contributed by atoms with Gasteiger partial charge in [-0.1, -0.05) is 42.5 Å². The van der Waals surface area contributed by atoms with Crippen molar-refractivity contribution >= 4 is 11.6 Å². The Labute approximate surface area is 109 Å². The van der Waals surface area contributed by atoms with Crippen LogP contribution in [0.25, 0.3) is 0 Å². The van der Waals surface area contributed by atoms with Crippen molar-refractivity contribution in [3.05, 3.63) is 59.7 Å². The lowest BCUT2D eigenvalue weighted by Gasteiger charge is -2.31. The first-order valence-corrected chi connectivity index (χ1v) is 6.00. The Kier molecular flexibility index (Phi) is 2.52. The van der Waals surface area contributed by atoms with Crippen LogP contribution in [0.2, 0.25) is 0 Å². The Hall–Kier alpha value is -2.04. The average molecular weight is 256 g/mol. The molecular formula is C15H12O4. The molecule has 3 rings (SSSR count). The van der Waals surface area contributed by atoms with Crippen molar-refractivity contribution in [1.29, 1.82) is 0 Å². The minimum atomic E-state index is -2.17. The topological polar surface area (TPSA) is 74.6 Å². The zero-order chi connectivity index (χ0) is 13.6. The number of Topliss-reactive ketones (excluding diaryl/α,β-unsaturated/α-hetero) is 2. The van der Waals surface area contributed by atoms with Gasteiger partial charge in [0.05, 0.1) is 11.8 Å². The van der Waals surface area contributed by atoms with Gasteiger partial charge in [-0.15, -0.1) is 0 Å². The fourth-order valence-electron chi connectivity index (χ4n) is 2.68. The summed E-state index contributed by atoms with van der Waals surface area (Å²) in [7, 11) is 0. The monoisotopic (exact) mass is 256 g/mol. The summed E-state index contributed by atoms with van der Waals surface area (Å²) in [6.45, 7) is 0. The smallest absolute Gasteiger partial charge is 0.190 e. The molecule has 4 heteroatoms. The summed E-state index contributed by atoms with van der Waals surface area (Å²) >= 11 is 0. The average Bonchev–Trinajstić information content (AvgIpc) is 2.63. The van der Waals surface area contributed by atoms with Crippen LogP contribution in [0.4, 0.5) is 0 Å². The van der Waals surface area contributed by atoms with E-state index in [1.54, 1.807) is 30.3 Å². The van der Waals surface area contributed by atoms with Crippen molar-refractivity contribution in [3.8, 4) is 0 Å². The number of rotatable bonds is 1. The van der Waals surface area contributed by atoms with Gasteiger partial charge in [-0.25, -0.2) is 0 Å². The first kappa shape index (κ1) is 12.0. The summed E-state index contributed by atoms with van der Waals surface area (Å²) in [5, 5.41) is 19.8. The molecule has 0 radical (unpaired) electrons. The maximum atomic E-state index is 12.3. The molecule has 0 bridgehead atoms. The summed E-state index contributed by atoms with van der Waals surface area (Å²) < 4.78 is 0. The number of carbonyl (C=O) groups is 2. The molecule has 2 aliphatic carbocycles. The summed E-state index contributed by atoms with van der Waals surface area (Å²) in [4.78, 5) is 24.6. The van der Waals surface area contributed by atoms with Crippen molar-refractivity contribution < 1.29 is 19.8 Å². The number of benzene rings is 1. The molecule has 1 aromatic rings. The highest BCUT2D eigenvalue weighted by Crippen LogP contribution is 2.38. The Morgan fingerprint density at radius 2 is 1.53 bits per heavy atom. The number of carbonyl (C=O) groups excluding carboxylic acids is 2. The maximum absolute atomic E-state index is 12.3. The van der Waals surface area contributed by atoms with E-state index in [0.717, 1.165) is 0 Å². The summed E-state index contributed by atoms with van der Waals surface area (Å²) in [5.74, 6) is -4.89. The summed E-state index contributed by atoms with van der Waals surface area (Å²) in [6, 6.07) is 6.56. The van der Waals surface area contributed by atoms with Crippen LogP contribution in [0.15, 0.2) is 48.6 Å². The molecule has 0 heterocycles. The van der Waals surface area contributed by atoms with Crippen LogP contribution in [0.1, 0.15) is 20.7 Å². The van der Waals surface area contributed by atoms with Gasteiger partial charge in [0.25, 0.3) is 0 Å². The third-order valence-electron chi connectivity index (χ3n) is 3.64. The molecule has 0 spiro atoms. The summed E-state index contributed by atoms with van der Waals surface area (Å²) in [6.07, 6.45) is 5.76. The van der Waals surface area contributed by atoms with Gasteiger partial charge in [0.15, 0.2) is 17.4 Å². The van der Waals surface area contributed by atoms with Crippen LogP contribution < -0.4 is 0 Å². The molecule has 0 aromatic heterocycles. The van der Waals surface area contributed by atoms with Gasteiger partial charge in [-0.2, -0.15) is 0 Å². The first-order chi connectivity index (χ1) is 9.02. The number of ketones is 2. The van der Waals surface area contributed by atoms with Gasteiger partial charge in [0.1, 0.15) is 0 Å². The second-order valence-corrected chi connectivity index (χ2v) is 4.80. The Morgan fingerprint density at radius 3 is 2.05 bits per heavy atom. The van der Waals surface area contributed by atoms with Crippen molar-refractivity contribution in [3.63, 3.8) is 0 Å². The van der Waals surface area contributed by atoms with Gasteiger partial charge < -0.3 is 10.2 Å². The third kappa shape index (κ3) is 1.69. The van der Waals surface area contributed by atoms with Crippen molar-refractivity contribution in [1.82, 2.24) is 0 Å². The van der Waals surface area contributed by atoms with Crippen LogP contribution in [0.3, 0.4) is 0 Å². The number of hydrogen-bond donors (Lipinski definition) is 2. The lowest BCUT2D eigenvalue weighted by molar-refractivity contribution is -0.153. The Morgan fingerprint density at radius 1 is 0.947 bits per heavy atom. The van der Waals surface area contributed by atoms with Crippen LogP contribution in [-0.2, 0) is 0 Å². The Balaban J connectivity index is 2.05. The lowest BCUT2D eigenvalue weighted by Crippen LogP contribution is -2.43. The van der Waals surface area contributed by atoms with Crippen LogP contribution in [0.5, 0.6) is 0 Å². The van der Waals surface area contributed by atoms with Crippen LogP contribution in [-0.4, -0.2) is 27.6 Å². The van der Waals surface area contributed by atoms with E-state index in [1.807, 2.05) is 0 Å². The molecule has 96 valence electrons. The highest BCUT2D eigenvalue weighted by Gasteiger charge is 2.49. The maximum Gasteiger partial charge on any atom is 0.190 e. The highest BCUT2D eigenvalue weighted by molar-refractivity contribution is 6.26. The van der Waals surface area contributed by atoms with E-state index in [2.05, 4.69) is 0 Å². The van der Waals surface area contributed by atoms with Gasteiger partial charge in [-0.3, -0.25) is 9.59 Å². The predicted octanol–water partition coefficient (Wildman–Crippen LogP) is 1.10. The summed E-state index contributed by atoms with van der Waals surface area (Å²) in [5.41, 5.74) is 0.715. The molecule has 19 heavy (non-hydrogen) atoms. The molecule has 0 saturated heterocycles. The molecule has 0 saturated carbocycles. The second kappa shape index (κ2) is 3.98. The van der Waals surface area contributed by atoms with Crippen LogP contribution in [0, 0.1) is 11.8 Å². The van der Waals surface area contributed by atoms with E-state index >= 15 is 0 Å². The zero-order valence-electron chi connectivity index (χ0n) is 9.98. The van der Waals surface area contributed by atoms with E-state index in [9.17, 15) is 19.8 Å². The second-order valence-electron chi connectivity index (χ2n) is 4.80. The van der Waals surface area contributed by atoms with E-state index in [4.69, 9.17) is 0 Å². The normalized spacial score (nSPS) is 24.8. The fourth-order valence-corrected chi connectivity index (χ4v) is 2.68. The van der Waals surface area contributed by atoms with Crippen molar-refractivity contribution in [2.75, 3.05) is 0 Å². The standard InChI is InChI=1S/C15H12O4/c16-13-9-5-1-2-6-10(9)14(17)12(13)11-7-3-4-8-15(11,18)19/h1-8,11-12,18-19H/t11-/m0/s1. The van der Waals surface area contributed by atoms with E-state index in [-0.39, 0.29) is 11.6 Å². The molecule has 0 unspecified atom stereocenters. The largest absolute Gasteiger partial charge is 0.362 e. The SMILES string of the molecule is O=C1c2ccccc2C(=O)C1[C@@H]1C=CC=CC1(O)O. The quantitative estimate of drug-likeness (QED) is 0.583. The molecule has 0 fully saturated rings. The predicted molar refractivity (Wildman–Crippen MR) is 67.5 cm³/mol. The molecule has 0 amide bonds. The minimum absolute atomic E-state index is 0.349. The first-order valence-electron chi connectivity index (χ1n) is 6.00. The number of fused-ring (bicyclic) bond motifs is 1. The fraction of sp³-hybridized carbons (Fsp3) is 0.200. The van der Waals surface area contributed by atoms with Gasteiger partial charge in [0, 0.05) is 11.1 Å². The highest BCUT2D eigenvalue weighted by atomic mass is 16.5. The molecular weight excluding hydrogens is 244 g/mol. The lowest BCUT2D eigenvalue weighted by atomic mass is 9.79. The van der Waals surface area contributed by atoms with E-state index in [1.165, 1.54) is 18.2 Å². The van der Waals surface area contributed by atoms with Gasteiger partial charge in [-0.05, 0) is 6.08 Å². The number of allylic oxidation sites excluding steroid dienone is 2. The van der Waals surface area contributed by atoms with Crippen molar-refractivity contribution in [2.45, 2.75) is 5.79 Å². The number of hydrogen-bond acceptors (Lipinski definition) is 4. The van der Waals surface area contributed by atoms with Crippen LogP contribution >= 0.6 is 0 Å². The molecule has 1 atom stereocenters. The molecule has 2 N–H and O–H groups in total. The van der Waals surface area contributed by atoms with E-state index in [0.29, 0.717) is 11.1 Å².